The molecule has 0 unspecified atom stereocenters. The van der Waals surface area contributed by atoms with Crippen molar-refractivity contribution in [3.8, 4) is 17.5 Å². The molecule has 0 atom stereocenters. The van der Waals surface area contributed by atoms with Crippen LogP contribution in [0, 0.1) is 11.3 Å². The molecule has 0 fully saturated rings. The first-order valence-corrected chi connectivity index (χ1v) is 10.00. The van der Waals surface area contributed by atoms with Gasteiger partial charge in [-0.25, -0.2) is 4.98 Å². The monoisotopic (exact) mass is 445 g/mol. The highest BCUT2D eigenvalue weighted by Gasteiger charge is 2.17. The lowest BCUT2D eigenvalue weighted by Crippen LogP contribution is -2.05. The van der Waals surface area contributed by atoms with E-state index in [2.05, 4.69) is 32.7 Å². The first kappa shape index (κ1) is 19.7. The van der Waals surface area contributed by atoms with E-state index in [1.807, 2.05) is 12.1 Å². The zero-order valence-corrected chi connectivity index (χ0v) is 17.6. The van der Waals surface area contributed by atoms with Gasteiger partial charge in [-0.05, 0) is 36.8 Å². The second-order valence-electron chi connectivity index (χ2n) is 6.46. The zero-order valence-electron chi connectivity index (χ0n) is 15.3. The molecule has 0 radical (unpaired) electrons. The molecule has 146 valence electrons. The third kappa shape index (κ3) is 3.82. The van der Waals surface area contributed by atoms with E-state index in [0.717, 1.165) is 29.4 Å². The summed E-state index contributed by atoms with van der Waals surface area (Å²) in [7, 11) is 0. The molecule has 0 saturated heterocycles. The number of rotatable bonds is 5. The van der Waals surface area contributed by atoms with Gasteiger partial charge in [-0.3, -0.25) is 0 Å². The molecule has 6 nitrogen and oxygen atoms in total. The van der Waals surface area contributed by atoms with Crippen LogP contribution in [0.25, 0.3) is 22.4 Å². The Hall–Kier alpha value is -2.59. The fraction of sp³-hybridized carbons (Fsp3) is 0.200. The van der Waals surface area contributed by atoms with Crippen LogP contribution < -0.4 is 0 Å². The average molecular weight is 447 g/mol. The molecule has 0 spiro atoms. The minimum Gasteiger partial charge on any atom is -0.337 e. The second-order valence-corrected chi connectivity index (χ2v) is 7.61. The van der Waals surface area contributed by atoms with Crippen molar-refractivity contribution in [2.45, 2.75) is 26.3 Å². The number of pyridine rings is 1. The van der Waals surface area contributed by atoms with Crippen LogP contribution in [0.2, 0.25) is 15.3 Å². The summed E-state index contributed by atoms with van der Waals surface area (Å²) in [5.74, 6) is 0.809. The number of nitrogens with zero attached hydrogens (tertiary/aromatic N) is 5. The molecule has 0 amide bonds. The van der Waals surface area contributed by atoms with Crippen molar-refractivity contribution in [3.63, 3.8) is 0 Å². The maximum absolute atomic E-state index is 9.25. The maximum Gasteiger partial charge on any atom is 0.258 e. The Morgan fingerprint density at radius 2 is 1.86 bits per heavy atom. The number of fused-ring (bicyclic) bond motifs is 1. The van der Waals surface area contributed by atoms with Gasteiger partial charge in [-0.1, -0.05) is 53.3 Å². The molecule has 0 N–H and O–H groups in total. The van der Waals surface area contributed by atoms with Gasteiger partial charge >= 0.3 is 0 Å². The summed E-state index contributed by atoms with van der Waals surface area (Å²) >= 11 is 18.3. The van der Waals surface area contributed by atoms with Crippen LogP contribution in [0.1, 0.15) is 30.4 Å². The van der Waals surface area contributed by atoms with Crippen molar-refractivity contribution in [3.05, 3.63) is 62.7 Å². The van der Waals surface area contributed by atoms with Crippen molar-refractivity contribution in [2.75, 3.05) is 0 Å². The van der Waals surface area contributed by atoms with Crippen LogP contribution in [0.3, 0.4) is 0 Å². The molecular formula is C20H14Cl3N5O. The van der Waals surface area contributed by atoms with Gasteiger partial charge in [0, 0.05) is 16.6 Å². The van der Waals surface area contributed by atoms with E-state index in [9.17, 15) is 5.26 Å². The van der Waals surface area contributed by atoms with E-state index in [-0.39, 0.29) is 10.3 Å². The van der Waals surface area contributed by atoms with Gasteiger partial charge in [0.25, 0.3) is 5.89 Å². The smallest absolute Gasteiger partial charge is 0.258 e. The molecule has 0 aliphatic heterocycles. The zero-order chi connectivity index (χ0) is 20.5. The van der Waals surface area contributed by atoms with Gasteiger partial charge in [0.1, 0.15) is 16.4 Å². The number of aromatic nitrogens is 4. The summed E-state index contributed by atoms with van der Waals surface area (Å²) in [5, 5.41) is 15.1. The molecule has 0 saturated carbocycles. The van der Waals surface area contributed by atoms with E-state index in [4.69, 9.17) is 39.3 Å². The van der Waals surface area contributed by atoms with Crippen molar-refractivity contribution in [1.82, 2.24) is 19.7 Å². The average Bonchev–Trinajstić information content (AvgIpc) is 3.28. The fourth-order valence-electron chi connectivity index (χ4n) is 3.26. The minimum atomic E-state index is 0.247. The van der Waals surface area contributed by atoms with E-state index in [0.29, 0.717) is 34.4 Å². The number of benzene rings is 1. The van der Waals surface area contributed by atoms with E-state index >= 15 is 0 Å². The first-order chi connectivity index (χ1) is 14.0. The van der Waals surface area contributed by atoms with Crippen molar-refractivity contribution < 1.29 is 4.52 Å². The number of hydrogen-bond donors (Lipinski definition) is 0. The number of aryl methyl sites for hydroxylation is 1. The van der Waals surface area contributed by atoms with Crippen LogP contribution in [-0.4, -0.2) is 19.7 Å². The van der Waals surface area contributed by atoms with Crippen molar-refractivity contribution in [1.29, 1.82) is 5.26 Å². The first-order valence-electron chi connectivity index (χ1n) is 8.87. The highest BCUT2D eigenvalue weighted by molar-refractivity contribution is 6.36. The molecule has 9 heteroatoms. The van der Waals surface area contributed by atoms with Gasteiger partial charge in [0.15, 0.2) is 5.82 Å². The highest BCUT2D eigenvalue weighted by atomic mass is 35.5. The Bertz CT molecular complexity index is 1230. The topological polar surface area (TPSA) is 80.5 Å². The van der Waals surface area contributed by atoms with Crippen LogP contribution in [0.4, 0.5) is 0 Å². The molecule has 4 aromatic rings. The number of nitriles is 1. The summed E-state index contributed by atoms with van der Waals surface area (Å²) in [5.41, 5.74) is 3.05. The standard InChI is InChI=1S/C20H14Cl3N5O/c1-2-3-13-8-14-15(5-4-11(9-24)19(14)23)28(13)10-18-26-20(29-27-18)12-6-16(21)25-17(22)7-12/h4-8H,2-3,10H2,1H3. The molecule has 0 aliphatic carbocycles. The normalized spacial score (nSPS) is 11.1. The summed E-state index contributed by atoms with van der Waals surface area (Å²) in [4.78, 5) is 8.39. The van der Waals surface area contributed by atoms with Gasteiger partial charge < -0.3 is 9.09 Å². The molecule has 4 rings (SSSR count). The summed E-state index contributed by atoms with van der Waals surface area (Å²) in [6.45, 7) is 2.50. The van der Waals surface area contributed by atoms with Gasteiger partial charge in [0.05, 0.1) is 22.6 Å². The minimum absolute atomic E-state index is 0.247. The number of halogens is 3. The van der Waals surface area contributed by atoms with Crippen LogP contribution >= 0.6 is 34.8 Å². The molecule has 0 bridgehead atoms. The largest absolute Gasteiger partial charge is 0.337 e. The third-order valence-electron chi connectivity index (χ3n) is 4.51. The Balaban J connectivity index is 1.74. The molecular weight excluding hydrogens is 433 g/mol. The Labute approximate surface area is 181 Å². The van der Waals surface area contributed by atoms with E-state index in [1.54, 1.807) is 18.2 Å². The SMILES string of the molecule is CCCc1cc2c(Cl)c(C#N)ccc2n1Cc1noc(-c2cc(Cl)nc(Cl)c2)n1. The molecule has 0 aliphatic rings. The lowest BCUT2D eigenvalue weighted by molar-refractivity contribution is 0.420. The summed E-state index contributed by atoms with van der Waals surface area (Å²) in [6.07, 6.45) is 1.82. The Morgan fingerprint density at radius 3 is 2.55 bits per heavy atom. The van der Waals surface area contributed by atoms with E-state index in [1.165, 1.54) is 0 Å². The summed E-state index contributed by atoms with van der Waals surface area (Å²) < 4.78 is 7.48. The fourth-order valence-corrected chi connectivity index (χ4v) is 3.97. The summed E-state index contributed by atoms with van der Waals surface area (Å²) in [6, 6.07) is 11.0. The van der Waals surface area contributed by atoms with Gasteiger partial charge in [-0.15, -0.1) is 0 Å². The van der Waals surface area contributed by atoms with Crippen molar-refractivity contribution in [2.24, 2.45) is 0 Å². The lowest BCUT2D eigenvalue weighted by Gasteiger charge is -2.08. The Kier molecular flexibility index (Phi) is 5.46. The third-order valence-corrected chi connectivity index (χ3v) is 5.30. The van der Waals surface area contributed by atoms with Crippen LogP contribution in [-0.2, 0) is 13.0 Å². The lowest BCUT2D eigenvalue weighted by atomic mass is 10.1. The van der Waals surface area contributed by atoms with Crippen LogP contribution in [0.5, 0.6) is 0 Å². The Morgan fingerprint density at radius 1 is 1.10 bits per heavy atom. The second kappa shape index (κ2) is 8.03. The molecule has 3 heterocycles. The van der Waals surface area contributed by atoms with Crippen molar-refractivity contribution >= 4 is 45.7 Å². The highest BCUT2D eigenvalue weighted by Crippen LogP contribution is 2.31. The van der Waals surface area contributed by atoms with Crippen LogP contribution in [0.15, 0.2) is 34.9 Å². The quantitative estimate of drug-likeness (QED) is 0.355. The van der Waals surface area contributed by atoms with Gasteiger partial charge in [0.2, 0.25) is 0 Å². The van der Waals surface area contributed by atoms with Gasteiger partial charge in [-0.2, -0.15) is 10.2 Å². The maximum atomic E-state index is 9.25. The predicted octanol–water partition coefficient (Wildman–Crippen LogP) is 5.92. The number of hydrogen-bond acceptors (Lipinski definition) is 5. The van der Waals surface area contributed by atoms with E-state index < -0.39 is 0 Å². The predicted molar refractivity (Wildman–Crippen MR) is 112 cm³/mol. The molecule has 1 aromatic carbocycles. The molecule has 29 heavy (non-hydrogen) atoms. The molecule has 3 aromatic heterocycles.